The Morgan fingerprint density at radius 2 is 1.79 bits per heavy atom. The average Bonchev–Trinajstić information content (AvgIpc) is 2.33. The number of rotatable bonds is 6. The van der Waals surface area contributed by atoms with E-state index < -0.39 is 9.84 Å². The SMILES string of the molecule is CN(C)CCCNC(=O)c1ccc(S(C)(=O)=O)cc1. The molecule has 1 rings (SSSR count). The average molecular weight is 284 g/mol. The molecule has 0 heterocycles. The Labute approximate surface area is 114 Å². The van der Waals surface area contributed by atoms with E-state index in [0.717, 1.165) is 19.2 Å². The van der Waals surface area contributed by atoms with Crippen molar-refractivity contribution in [2.45, 2.75) is 11.3 Å². The van der Waals surface area contributed by atoms with Crippen molar-refractivity contribution in [1.82, 2.24) is 10.2 Å². The van der Waals surface area contributed by atoms with Gasteiger partial charge in [0.15, 0.2) is 9.84 Å². The van der Waals surface area contributed by atoms with Gasteiger partial charge in [-0.3, -0.25) is 4.79 Å². The van der Waals surface area contributed by atoms with Crippen LogP contribution < -0.4 is 5.32 Å². The van der Waals surface area contributed by atoms with Gasteiger partial charge in [-0.25, -0.2) is 8.42 Å². The van der Waals surface area contributed by atoms with Gasteiger partial charge in [0.25, 0.3) is 5.91 Å². The third-order valence-electron chi connectivity index (χ3n) is 2.61. The highest BCUT2D eigenvalue weighted by Gasteiger charge is 2.09. The zero-order valence-electron chi connectivity index (χ0n) is 11.5. The van der Waals surface area contributed by atoms with Crippen LogP contribution in [0.25, 0.3) is 0 Å². The number of hydrogen-bond donors (Lipinski definition) is 1. The largest absolute Gasteiger partial charge is 0.352 e. The molecule has 1 aromatic rings. The van der Waals surface area contributed by atoms with Gasteiger partial charge < -0.3 is 10.2 Å². The molecule has 1 amide bonds. The maximum absolute atomic E-state index is 11.8. The van der Waals surface area contributed by atoms with E-state index in [1.807, 2.05) is 19.0 Å². The molecule has 0 radical (unpaired) electrons. The summed E-state index contributed by atoms with van der Waals surface area (Å²) in [4.78, 5) is 14.0. The van der Waals surface area contributed by atoms with E-state index in [9.17, 15) is 13.2 Å². The summed E-state index contributed by atoms with van der Waals surface area (Å²) >= 11 is 0. The molecule has 1 aromatic carbocycles. The first-order valence-corrected chi connectivity index (χ1v) is 7.93. The normalized spacial score (nSPS) is 11.6. The van der Waals surface area contributed by atoms with Gasteiger partial charge in [-0.1, -0.05) is 0 Å². The van der Waals surface area contributed by atoms with Crippen molar-refractivity contribution in [2.24, 2.45) is 0 Å². The van der Waals surface area contributed by atoms with Crippen LogP contribution in [-0.2, 0) is 9.84 Å². The predicted octanol–water partition coefficient (Wildman–Crippen LogP) is 0.772. The van der Waals surface area contributed by atoms with Crippen LogP contribution in [-0.4, -0.2) is 52.7 Å². The molecular formula is C13H20N2O3S. The Bertz CT molecular complexity index is 521. The Balaban J connectivity index is 2.54. The molecule has 0 saturated carbocycles. The number of sulfone groups is 1. The molecule has 1 N–H and O–H groups in total. The van der Waals surface area contributed by atoms with Crippen molar-refractivity contribution in [3.63, 3.8) is 0 Å². The van der Waals surface area contributed by atoms with E-state index >= 15 is 0 Å². The molecule has 0 spiro atoms. The number of nitrogens with zero attached hydrogens (tertiary/aromatic N) is 1. The van der Waals surface area contributed by atoms with Crippen LogP contribution in [0.2, 0.25) is 0 Å². The third kappa shape index (κ3) is 5.40. The smallest absolute Gasteiger partial charge is 0.251 e. The molecule has 0 aliphatic heterocycles. The number of carbonyl (C=O) groups is 1. The molecule has 0 aliphatic rings. The van der Waals surface area contributed by atoms with Crippen LogP contribution in [0.5, 0.6) is 0 Å². The quantitative estimate of drug-likeness (QED) is 0.784. The summed E-state index contributed by atoms with van der Waals surface area (Å²) in [7, 11) is 0.743. The number of hydrogen-bond acceptors (Lipinski definition) is 4. The van der Waals surface area contributed by atoms with Gasteiger partial charge in [0, 0.05) is 18.4 Å². The minimum atomic E-state index is -3.21. The fraction of sp³-hybridized carbons (Fsp3) is 0.462. The van der Waals surface area contributed by atoms with E-state index in [1.165, 1.54) is 24.3 Å². The van der Waals surface area contributed by atoms with Crippen LogP contribution in [0.1, 0.15) is 16.8 Å². The van der Waals surface area contributed by atoms with Gasteiger partial charge in [0.2, 0.25) is 0 Å². The highest BCUT2D eigenvalue weighted by molar-refractivity contribution is 7.90. The van der Waals surface area contributed by atoms with Crippen LogP contribution in [0.15, 0.2) is 29.2 Å². The lowest BCUT2D eigenvalue weighted by Gasteiger charge is -2.10. The van der Waals surface area contributed by atoms with Crippen molar-refractivity contribution in [1.29, 1.82) is 0 Å². The first-order valence-electron chi connectivity index (χ1n) is 6.04. The first kappa shape index (κ1) is 15.7. The summed E-state index contributed by atoms with van der Waals surface area (Å²) in [6.45, 7) is 1.51. The van der Waals surface area contributed by atoms with E-state index in [-0.39, 0.29) is 10.8 Å². The fourth-order valence-corrected chi connectivity index (χ4v) is 2.18. The molecular weight excluding hydrogens is 264 g/mol. The Kier molecular flexibility index (Phi) is 5.50. The fourth-order valence-electron chi connectivity index (χ4n) is 1.55. The summed E-state index contributed by atoms with van der Waals surface area (Å²) in [6, 6.07) is 5.95. The molecule has 0 atom stereocenters. The molecule has 0 saturated heterocycles. The standard InChI is InChI=1S/C13H20N2O3S/c1-15(2)10-4-9-14-13(16)11-5-7-12(8-6-11)19(3,17)18/h5-8H,4,9-10H2,1-3H3,(H,14,16). The second kappa shape index (κ2) is 6.68. The van der Waals surface area contributed by atoms with Gasteiger partial charge in [-0.15, -0.1) is 0 Å². The maximum Gasteiger partial charge on any atom is 0.251 e. The predicted molar refractivity (Wildman–Crippen MR) is 75.1 cm³/mol. The molecule has 0 bridgehead atoms. The molecule has 0 unspecified atom stereocenters. The highest BCUT2D eigenvalue weighted by atomic mass is 32.2. The minimum Gasteiger partial charge on any atom is -0.352 e. The first-order chi connectivity index (χ1) is 8.80. The van der Waals surface area contributed by atoms with Crippen molar-refractivity contribution in [2.75, 3.05) is 33.4 Å². The molecule has 6 heteroatoms. The summed E-state index contributed by atoms with van der Waals surface area (Å²) in [5.41, 5.74) is 0.470. The van der Waals surface area contributed by atoms with Gasteiger partial charge in [-0.2, -0.15) is 0 Å². The summed E-state index contributed by atoms with van der Waals surface area (Å²) in [5, 5.41) is 2.80. The second-order valence-corrected chi connectivity index (χ2v) is 6.73. The lowest BCUT2D eigenvalue weighted by Crippen LogP contribution is -2.27. The second-order valence-electron chi connectivity index (χ2n) is 4.71. The minimum absolute atomic E-state index is 0.182. The van der Waals surface area contributed by atoms with E-state index in [1.54, 1.807) is 0 Å². The zero-order valence-corrected chi connectivity index (χ0v) is 12.3. The molecule has 0 aliphatic carbocycles. The van der Waals surface area contributed by atoms with E-state index in [2.05, 4.69) is 5.32 Å². The number of amides is 1. The van der Waals surface area contributed by atoms with Gasteiger partial charge in [0.1, 0.15) is 0 Å². The van der Waals surface area contributed by atoms with Crippen LogP contribution in [0, 0.1) is 0 Å². The van der Waals surface area contributed by atoms with Crippen LogP contribution in [0.4, 0.5) is 0 Å². The molecule has 5 nitrogen and oxygen atoms in total. The third-order valence-corrected chi connectivity index (χ3v) is 3.74. The van der Waals surface area contributed by atoms with Crippen molar-refractivity contribution in [3.8, 4) is 0 Å². The molecule has 0 fully saturated rings. The number of benzene rings is 1. The van der Waals surface area contributed by atoms with E-state index in [4.69, 9.17) is 0 Å². The van der Waals surface area contributed by atoms with Crippen LogP contribution >= 0.6 is 0 Å². The lowest BCUT2D eigenvalue weighted by atomic mass is 10.2. The maximum atomic E-state index is 11.8. The summed E-state index contributed by atoms with van der Waals surface area (Å²) in [6.07, 6.45) is 2.02. The Morgan fingerprint density at radius 3 is 2.26 bits per heavy atom. The lowest BCUT2D eigenvalue weighted by molar-refractivity contribution is 0.0952. The summed E-state index contributed by atoms with van der Waals surface area (Å²) in [5.74, 6) is -0.182. The van der Waals surface area contributed by atoms with Crippen molar-refractivity contribution >= 4 is 15.7 Å². The monoisotopic (exact) mass is 284 g/mol. The topological polar surface area (TPSA) is 66.5 Å². The van der Waals surface area contributed by atoms with E-state index in [0.29, 0.717) is 12.1 Å². The van der Waals surface area contributed by atoms with Gasteiger partial charge in [0.05, 0.1) is 4.90 Å². The van der Waals surface area contributed by atoms with Gasteiger partial charge >= 0.3 is 0 Å². The highest BCUT2D eigenvalue weighted by Crippen LogP contribution is 2.10. The summed E-state index contributed by atoms with van der Waals surface area (Å²) < 4.78 is 22.6. The van der Waals surface area contributed by atoms with Crippen molar-refractivity contribution in [3.05, 3.63) is 29.8 Å². The molecule has 106 valence electrons. The number of carbonyl (C=O) groups excluding carboxylic acids is 1. The van der Waals surface area contributed by atoms with Gasteiger partial charge in [-0.05, 0) is 51.3 Å². The molecule has 19 heavy (non-hydrogen) atoms. The number of nitrogens with one attached hydrogen (secondary N) is 1. The zero-order chi connectivity index (χ0) is 14.5. The Morgan fingerprint density at radius 1 is 1.21 bits per heavy atom. The molecule has 0 aromatic heterocycles. The Hall–Kier alpha value is -1.40. The van der Waals surface area contributed by atoms with Crippen molar-refractivity contribution < 1.29 is 13.2 Å². The van der Waals surface area contributed by atoms with Crippen LogP contribution in [0.3, 0.4) is 0 Å².